The van der Waals surface area contributed by atoms with Crippen LogP contribution in [0.4, 0.5) is 0 Å². The Hall–Kier alpha value is -1.17. The third kappa shape index (κ3) is 2.65. The van der Waals surface area contributed by atoms with Crippen molar-refractivity contribution in [1.82, 2.24) is 4.98 Å². The normalized spacial score (nSPS) is 14.4. The number of aliphatic hydroxyl groups is 2. The summed E-state index contributed by atoms with van der Waals surface area (Å²) >= 11 is 5.75. The Bertz CT molecular complexity index is 358. The van der Waals surface area contributed by atoms with Gasteiger partial charge in [-0.25, -0.2) is 4.79 Å². The lowest BCUT2D eigenvalue weighted by Crippen LogP contribution is -2.29. The van der Waals surface area contributed by atoms with Crippen LogP contribution in [0.3, 0.4) is 0 Å². The zero-order valence-electron chi connectivity index (χ0n) is 7.92. The Morgan fingerprint density at radius 1 is 1.60 bits per heavy atom. The Morgan fingerprint density at radius 2 is 2.27 bits per heavy atom. The topological polar surface area (TPSA) is 79.7 Å². The first kappa shape index (κ1) is 11.9. The number of ether oxygens (including phenoxy) is 1. The maximum absolute atomic E-state index is 10.9. The van der Waals surface area contributed by atoms with Crippen molar-refractivity contribution in [1.29, 1.82) is 0 Å². The van der Waals surface area contributed by atoms with Crippen molar-refractivity contribution in [2.45, 2.75) is 12.2 Å². The molecule has 0 amide bonds. The van der Waals surface area contributed by atoms with E-state index in [1.807, 2.05) is 0 Å². The SMILES string of the molecule is COC(=O)C(O)C(O)c1cnccc1Cl. The van der Waals surface area contributed by atoms with Crippen LogP contribution < -0.4 is 0 Å². The number of halogens is 1. The van der Waals surface area contributed by atoms with Gasteiger partial charge in [0, 0.05) is 23.0 Å². The summed E-state index contributed by atoms with van der Waals surface area (Å²) < 4.78 is 4.28. The summed E-state index contributed by atoms with van der Waals surface area (Å²) in [6.45, 7) is 0. The number of carbonyl (C=O) groups excluding carboxylic acids is 1. The second-order valence-electron chi connectivity index (χ2n) is 2.81. The van der Waals surface area contributed by atoms with Crippen molar-refractivity contribution in [2.75, 3.05) is 7.11 Å². The minimum Gasteiger partial charge on any atom is -0.467 e. The van der Waals surface area contributed by atoms with E-state index in [0.29, 0.717) is 0 Å². The molecule has 1 heterocycles. The fourth-order valence-electron chi connectivity index (χ4n) is 1.03. The lowest BCUT2D eigenvalue weighted by Gasteiger charge is -2.16. The third-order valence-electron chi connectivity index (χ3n) is 1.86. The number of carbonyl (C=O) groups is 1. The molecule has 5 nitrogen and oxygen atoms in total. The summed E-state index contributed by atoms with van der Waals surface area (Å²) in [5.74, 6) is -0.928. The monoisotopic (exact) mass is 231 g/mol. The van der Waals surface area contributed by atoms with Gasteiger partial charge in [-0.15, -0.1) is 0 Å². The van der Waals surface area contributed by atoms with E-state index in [0.717, 1.165) is 7.11 Å². The highest BCUT2D eigenvalue weighted by atomic mass is 35.5. The van der Waals surface area contributed by atoms with E-state index in [1.165, 1.54) is 18.5 Å². The van der Waals surface area contributed by atoms with E-state index in [9.17, 15) is 15.0 Å². The van der Waals surface area contributed by atoms with Crippen molar-refractivity contribution < 1.29 is 19.7 Å². The third-order valence-corrected chi connectivity index (χ3v) is 2.20. The number of pyridine rings is 1. The van der Waals surface area contributed by atoms with Gasteiger partial charge in [0.25, 0.3) is 0 Å². The zero-order chi connectivity index (χ0) is 11.4. The summed E-state index contributed by atoms with van der Waals surface area (Å²) in [4.78, 5) is 14.7. The molecule has 0 saturated carbocycles. The van der Waals surface area contributed by atoms with Crippen LogP contribution in [0, 0.1) is 0 Å². The average Bonchev–Trinajstić information content (AvgIpc) is 2.26. The first-order valence-corrected chi connectivity index (χ1v) is 4.49. The molecule has 6 heteroatoms. The first-order valence-electron chi connectivity index (χ1n) is 4.11. The second-order valence-corrected chi connectivity index (χ2v) is 3.22. The molecule has 2 unspecified atom stereocenters. The summed E-state index contributed by atoms with van der Waals surface area (Å²) in [7, 11) is 1.11. The Morgan fingerprint density at radius 3 is 2.80 bits per heavy atom. The van der Waals surface area contributed by atoms with Gasteiger partial charge in [0.15, 0.2) is 6.10 Å². The molecule has 0 aromatic carbocycles. The molecule has 2 atom stereocenters. The smallest absolute Gasteiger partial charge is 0.337 e. The average molecular weight is 232 g/mol. The molecule has 0 aliphatic heterocycles. The Labute approximate surface area is 91.3 Å². The minimum atomic E-state index is -1.67. The first-order chi connectivity index (χ1) is 7.07. The highest BCUT2D eigenvalue weighted by Gasteiger charge is 2.27. The molecule has 0 fully saturated rings. The number of aliphatic hydroxyl groups excluding tert-OH is 2. The predicted octanol–water partition coefficient (Wildman–Crippen LogP) is 0.302. The van der Waals surface area contributed by atoms with Gasteiger partial charge in [0.05, 0.1) is 7.11 Å². The molecule has 1 rings (SSSR count). The number of aromatic nitrogens is 1. The second kappa shape index (κ2) is 5.06. The highest BCUT2D eigenvalue weighted by molar-refractivity contribution is 6.31. The number of esters is 1. The van der Waals surface area contributed by atoms with E-state index in [-0.39, 0.29) is 10.6 Å². The molecule has 82 valence electrons. The summed E-state index contributed by atoms with van der Waals surface area (Å²) in [6, 6.07) is 1.45. The van der Waals surface area contributed by atoms with E-state index in [4.69, 9.17) is 11.6 Å². The maximum Gasteiger partial charge on any atom is 0.337 e. The highest BCUT2D eigenvalue weighted by Crippen LogP contribution is 2.24. The Kier molecular flexibility index (Phi) is 4.02. The molecule has 1 aromatic heterocycles. The van der Waals surface area contributed by atoms with Crippen LogP contribution in [0.25, 0.3) is 0 Å². The van der Waals surface area contributed by atoms with E-state index in [2.05, 4.69) is 9.72 Å². The van der Waals surface area contributed by atoms with Crippen molar-refractivity contribution in [3.05, 3.63) is 29.0 Å². The summed E-state index contributed by atoms with van der Waals surface area (Å²) in [5, 5.41) is 19.2. The van der Waals surface area contributed by atoms with Gasteiger partial charge in [-0.3, -0.25) is 4.98 Å². The molecular formula is C9H10ClNO4. The van der Waals surface area contributed by atoms with Gasteiger partial charge in [0.1, 0.15) is 6.10 Å². The fourth-order valence-corrected chi connectivity index (χ4v) is 1.24. The van der Waals surface area contributed by atoms with Crippen LogP contribution in [0.1, 0.15) is 11.7 Å². The van der Waals surface area contributed by atoms with Gasteiger partial charge < -0.3 is 14.9 Å². The van der Waals surface area contributed by atoms with Gasteiger partial charge in [-0.1, -0.05) is 11.6 Å². The lowest BCUT2D eigenvalue weighted by molar-refractivity contribution is -0.156. The number of hydrogen-bond acceptors (Lipinski definition) is 5. The fraction of sp³-hybridized carbons (Fsp3) is 0.333. The van der Waals surface area contributed by atoms with E-state index >= 15 is 0 Å². The van der Waals surface area contributed by atoms with Gasteiger partial charge in [0.2, 0.25) is 0 Å². The molecule has 1 aromatic rings. The number of rotatable bonds is 3. The van der Waals surface area contributed by atoms with Crippen molar-refractivity contribution in [2.24, 2.45) is 0 Å². The molecule has 0 saturated heterocycles. The quantitative estimate of drug-likeness (QED) is 0.732. The number of nitrogens with zero attached hydrogens (tertiary/aromatic N) is 1. The van der Waals surface area contributed by atoms with Gasteiger partial charge in [-0.05, 0) is 6.07 Å². The molecule has 2 N–H and O–H groups in total. The molecular weight excluding hydrogens is 222 g/mol. The van der Waals surface area contributed by atoms with Crippen molar-refractivity contribution in [3.8, 4) is 0 Å². The minimum absolute atomic E-state index is 0.178. The van der Waals surface area contributed by atoms with Crippen molar-refractivity contribution in [3.63, 3.8) is 0 Å². The Balaban J connectivity index is 2.89. The van der Waals surface area contributed by atoms with Crippen LogP contribution in [0.5, 0.6) is 0 Å². The van der Waals surface area contributed by atoms with E-state index in [1.54, 1.807) is 0 Å². The van der Waals surface area contributed by atoms with E-state index < -0.39 is 18.2 Å². The van der Waals surface area contributed by atoms with Crippen LogP contribution in [-0.2, 0) is 9.53 Å². The standard InChI is InChI=1S/C9H10ClNO4/c1-15-9(14)8(13)7(12)5-4-11-3-2-6(5)10/h2-4,7-8,12-13H,1H3. The molecule has 0 aliphatic rings. The van der Waals surface area contributed by atoms with Crippen LogP contribution in [0.15, 0.2) is 18.5 Å². The molecule has 15 heavy (non-hydrogen) atoms. The van der Waals surface area contributed by atoms with Gasteiger partial charge in [-0.2, -0.15) is 0 Å². The molecule has 0 spiro atoms. The molecule has 0 aliphatic carbocycles. The number of methoxy groups -OCH3 is 1. The predicted molar refractivity (Wildman–Crippen MR) is 52.2 cm³/mol. The molecule has 0 bridgehead atoms. The molecule has 0 radical (unpaired) electrons. The van der Waals surface area contributed by atoms with Crippen LogP contribution in [0.2, 0.25) is 5.02 Å². The largest absolute Gasteiger partial charge is 0.467 e. The van der Waals surface area contributed by atoms with Crippen LogP contribution in [-0.4, -0.2) is 34.4 Å². The summed E-state index contributed by atoms with van der Waals surface area (Å²) in [6.07, 6.45) is -0.405. The summed E-state index contributed by atoms with van der Waals surface area (Å²) in [5.41, 5.74) is 0.178. The lowest BCUT2D eigenvalue weighted by atomic mass is 10.1. The maximum atomic E-state index is 10.9. The zero-order valence-corrected chi connectivity index (χ0v) is 8.68. The van der Waals surface area contributed by atoms with Crippen LogP contribution >= 0.6 is 11.6 Å². The van der Waals surface area contributed by atoms with Gasteiger partial charge >= 0.3 is 5.97 Å². The van der Waals surface area contributed by atoms with Crippen molar-refractivity contribution >= 4 is 17.6 Å². The number of hydrogen-bond donors (Lipinski definition) is 2.